The lowest BCUT2D eigenvalue weighted by atomic mass is 10.1. The number of ether oxygens (including phenoxy) is 2. The molecule has 0 spiro atoms. The van der Waals surface area contributed by atoms with E-state index in [1.807, 2.05) is 6.07 Å². The van der Waals surface area contributed by atoms with E-state index in [-0.39, 0.29) is 0 Å². The van der Waals surface area contributed by atoms with E-state index in [9.17, 15) is 0 Å². The van der Waals surface area contributed by atoms with E-state index in [4.69, 9.17) is 14.5 Å². The summed E-state index contributed by atoms with van der Waals surface area (Å²) in [6.45, 7) is 7.33. The van der Waals surface area contributed by atoms with Crippen molar-refractivity contribution < 1.29 is 9.47 Å². The number of guanidine groups is 1. The van der Waals surface area contributed by atoms with Crippen molar-refractivity contribution in [3.63, 3.8) is 0 Å². The van der Waals surface area contributed by atoms with E-state index in [1.165, 1.54) is 37.9 Å². The van der Waals surface area contributed by atoms with E-state index in [0.717, 1.165) is 49.6 Å². The molecule has 1 unspecified atom stereocenters. The summed E-state index contributed by atoms with van der Waals surface area (Å²) in [6.07, 6.45) is 5.02. The topological polar surface area (TPSA) is 49.3 Å². The molecule has 3 rings (SSSR count). The summed E-state index contributed by atoms with van der Waals surface area (Å²) in [4.78, 5) is 9.83. The second-order valence-corrected chi connectivity index (χ2v) is 7.94. The molecular formula is C22H36N4O2. The molecule has 0 bridgehead atoms. The van der Waals surface area contributed by atoms with Crippen LogP contribution in [0.25, 0.3) is 0 Å². The highest BCUT2D eigenvalue weighted by Crippen LogP contribution is 2.31. The molecule has 1 atom stereocenters. The van der Waals surface area contributed by atoms with E-state index in [0.29, 0.717) is 5.92 Å². The van der Waals surface area contributed by atoms with Crippen LogP contribution >= 0.6 is 0 Å². The van der Waals surface area contributed by atoms with Gasteiger partial charge >= 0.3 is 0 Å². The normalized spacial score (nSPS) is 20.3. The lowest BCUT2D eigenvalue weighted by Gasteiger charge is -2.23. The first-order valence-electron chi connectivity index (χ1n) is 10.6. The molecule has 28 heavy (non-hydrogen) atoms. The van der Waals surface area contributed by atoms with Crippen molar-refractivity contribution in [3.05, 3.63) is 23.8 Å². The van der Waals surface area contributed by atoms with Gasteiger partial charge in [-0.15, -0.1) is 0 Å². The number of rotatable bonds is 9. The van der Waals surface area contributed by atoms with Gasteiger partial charge in [0.2, 0.25) is 0 Å². The van der Waals surface area contributed by atoms with Gasteiger partial charge in [-0.2, -0.15) is 0 Å². The monoisotopic (exact) mass is 388 g/mol. The molecule has 0 radical (unpaired) electrons. The minimum Gasteiger partial charge on any atom is -0.493 e. The minimum absolute atomic E-state index is 0.702. The van der Waals surface area contributed by atoms with E-state index >= 15 is 0 Å². The zero-order valence-electron chi connectivity index (χ0n) is 17.9. The zero-order valence-corrected chi connectivity index (χ0v) is 17.9. The lowest BCUT2D eigenvalue weighted by molar-refractivity contribution is 0.315. The maximum absolute atomic E-state index is 5.42. The number of hydrogen-bond donors (Lipinski definition) is 1. The fourth-order valence-electron chi connectivity index (χ4n) is 3.91. The summed E-state index contributed by atoms with van der Waals surface area (Å²) in [7, 11) is 5.46. The van der Waals surface area contributed by atoms with Crippen LogP contribution in [0.4, 0.5) is 0 Å². The molecule has 2 fully saturated rings. The second-order valence-electron chi connectivity index (χ2n) is 7.94. The van der Waals surface area contributed by atoms with Crippen LogP contribution in [0.1, 0.15) is 31.7 Å². The average molecular weight is 389 g/mol. The third kappa shape index (κ3) is 5.53. The van der Waals surface area contributed by atoms with Crippen LogP contribution in [0.2, 0.25) is 0 Å². The summed E-state index contributed by atoms with van der Waals surface area (Å²) in [6, 6.07) is 7.01. The predicted molar refractivity (Wildman–Crippen MR) is 115 cm³/mol. The molecule has 1 saturated carbocycles. The summed E-state index contributed by atoms with van der Waals surface area (Å²) in [5.41, 5.74) is 1.23. The smallest absolute Gasteiger partial charge is 0.193 e. The van der Waals surface area contributed by atoms with Gasteiger partial charge < -0.3 is 24.6 Å². The van der Waals surface area contributed by atoms with Crippen molar-refractivity contribution in [1.82, 2.24) is 15.1 Å². The molecule has 1 heterocycles. The average Bonchev–Trinajstić information content (AvgIpc) is 3.47. The number of likely N-dealkylation sites (tertiary alicyclic amines) is 1. The fourth-order valence-corrected chi connectivity index (χ4v) is 3.91. The predicted octanol–water partition coefficient (Wildman–Crippen LogP) is 2.63. The third-order valence-corrected chi connectivity index (χ3v) is 5.76. The minimum atomic E-state index is 0.702. The van der Waals surface area contributed by atoms with Gasteiger partial charge in [0, 0.05) is 39.3 Å². The van der Waals surface area contributed by atoms with Gasteiger partial charge in [0.05, 0.1) is 14.2 Å². The molecule has 6 heteroatoms. The summed E-state index contributed by atoms with van der Waals surface area (Å²) in [5.74, 6) is 3.26. The molecule has 2 aliphatic rings. The van der Waals surface area contributed by atoms with Crippen molar-refractivity contribution in [2.45, 2.75) is 38.6 Å². The van der Waals surface area contributed by atoms with Gasteiger partial charge in [-0.1, -0.05) is 6.07 Å². The first-order chi connectivity index (χ1) is 13.6. The Morgan fingerprint density at radius 3 is 2.68 bits per heavy atom. The van der Waals surface area contributed by atoms with E-state index in [1.54, 1.807) is 14.2 Å². The Morgan fingerprint density at radius 1 is 1.21 bits per heavy atom. The Labute approximate surface area is 169 Å². The van der Waals surface area contributed by atoms with Gasteiger partial charge in [-0.25, -0.2) is 0 Å². The highest BCUT2D eigenvalue weighted by molar-refractivity contribution is 5.79. The summed E-state index contributed by atoms with van der Waals surface area (Å²) < 4.78 is 10.7. The van der Waals surface area contributed by atoms with Crippen LogP contribution in [-0.2, 0) is 6.42 Å². The van der Waals surface area contributed by atoms with Crippen molar-refractivity contribution in [2.24, 2.45) is 10.9 Å². The number of nitrogens with zero attached hydrogens (tertiary/aromatic N) is 3. The first-order valence-corrected chi connectivity index (χ1v) is 10.6. The number of nitrogens with one attached hydrogen (secondary N) is 1. The molecule has 6 nitrogen and oxygen atoms in total. The molecule has 0 amide bonds. The van der Waals surface area contributed by atoms with Crippen LogP contribution in [-0.4, -0.2) is 75.8 Å². The second kappa shape index (κ2) is 10.0. The highest BCUT2D eigenvalue weighted by Gasteiger charge is 2.34. The summed E-state index contributed by atoms with van der Waals surface area (Å²) >= 11 is 0. The largest absolute Gasteiger partial charge is 0.493 e. The fraction of sp³-hybridized carbons (Fsp3) is 0.682. The maximum atomic E-state index is 5.42. The first kappa shape index (κ1) is 20.8. The molecule has 1 N–H and O–H groups in total. The Bertz CT molecular complexity index is 660. The molecule has 0 aromatic heterocycles. The third-order valence-electron chi connectivity index (χ3n) is 5.76. The van der Waals surface area contributed by atoms with Gasteiger partial charge in [0.15, 0.2) is 17.5 Å². The summed E-state index contributed by atoms with van der Waals surface area (Å²) in [5, 5.41) is 3.45. The highest BCUT2D eigenvalue weighted by atomic mass is 16.5. The Morgan fingerprint density at radius 2 is 2.00 bits per heavy atom. The maximum Gasteiger partial charge on any atom is 0.193 e. The van der Waals surface area contributed by atoms with Gasteiger partial charge in [0.25, 0.3) is 0 Å². The Hall–Kier alpha value is -1.95. The standard InChI is InChI=1S/C22H36N4O2/c1-5-23-22(24-15-18-11-13-26(16-18)19-7-8-19)25(2)12-10-17-6-9-20(27-3)21(14-17)28-4/h6,9,14,18-19H,5,7-8,10-13,15-16H2,1-4H3,(H,23,24). The molecule has 1 aliphatic carbocycles. The quantitative estimate of drug-likeness (QED) is 0.521. The van der Waals surface area contributed by atoms with Gasteiger partial charge in [-0.3, -0.25) is 4.99 Å². The lowest BCUT2D eigenvalue weighted by Crippen LogP contribution is -2.40. The molecule has 156 valence electrons. The van der Waals surface area contributed by atoms with Crippen molar-refractivity contribution in [2.75, 3.05) is 54.0 Å². The number of benzene rings is 1. The number of likely N-dealkylation sites (N-methyl/N-ethyl adjacent to an activating group) is 1. The van der Waals surface area contributed by atoms with E-state index in [2.05, 4.69) is 41.2 Å². The number of aliphatic imine (C=N–C) groups is 1. The van der Waals surface area contributed by atoms with Crippen molar-refractivity contribution in [1.29, 1.82) is 0 Å². The van der Waals surface area contributed by atoms with Crippen LogP contribution in [0.15, 0.2) is 23.2 Å². The van der Waals surface area contributed by atoms with Gasteiger partial charge in [-0.05, 0) is 62.8 Å². The van der Waals surface area contributed by atoms with Gasteiger partial charge in [0.1, 0.15) is 0 Å². The molecule has 1 aliphatic heterocycles. The molecule has 1 saturated heterocycles. The molecule has 1 aromatic carbocycles. The Balaban J connectivity index is 1.52. The van der Waals surface area contributed by atoms with Crippen LogP contribution in [0.5, 0.6) is 11.5 Å². The number of hydrogen-bond acceptors (Lipinski definition) is 4. The zero-order chi connectivity index (χ0) is 19.9. The Kier molecular flexibility index (Phi) is 7.43. The van der Waals surface area contributed by atoms with Crippen LogP contribution < -0.4 is 14.8 Å². The van der Waals surface area contributed by atoms with E-state index < -0.39 is 0 Å². The van der Waals surface area contributed by atoms with Crippen LogP contribution in [0.3, 0.4) is 0 Å². The molecule has 1 aromatic rings. The van der Waals surface area contributed by atoms with Crippen molar-refractivity contribution >= 4 is 5.96 Å². The number of methoxy groups -OCH3 is 2. The molecular weight excluding hydrogens is 352 g/mol. The SMILES string of the molecule is CCNC(=NCC1CCN(C2CC2)C1)N(C)CCc1ccc(OC)c(OC)c1. The van der Waals surface area contributed by atoms with Crippen LogP contribution in [0, 0.1) is 5.92 Å². The van der Waals surface area contributed by atoms with Crippen molar-refractivity contribution in [3.8, 4) is 11.5 Å².